The fourth-order valence-electron chi connectivity index (χ4n) is 10.6. The largest absolute Gasteiger partial charge is 0.466 e. The Balaban J connectivity index is 3.35. The van der Waals surface area contributed by atoms with Crippen molar-refractivity contribution < 1.29 is 24.5 Å². The smallest absolute Gasteiger partial charge is 0.305 e. The van der Waals surface area contributed by atoms with Gasteiger partial charge in [0.2, 0.25) is 5.91 Å². The summed E-state index contributed by atoms with van der Waals surface area (Å²) in [5.41, 5.74) is 0. The number of carbonyl (C=O) groups excluding carboxylic acids is 2. The third kappa shape index (κ3) is 59.6. The highest BCUT2D eigenvalue weighted by Gasteiger charge is 2.20. The lowest BCUT2D eigenvalue weighted by atomic mass is 10.0. The number of nitrogens with one attached hydrogen (secondary N) is 1. The van der Waals surface area contributed by atoms with Crippen LogP contribution in [0.4, 0.5) is 0 Å². The van der Waals surface area contributed by atoms with Crippen LogP contribution in [-0.2, 0) is 14.3 Å². The number of rotatable bonds is 63. The lowest BCUT2D eigenvalue weighted by Crippen LogP contribution is -2.45. The van der Waals surface area contributed by atoms with E-state index in [0.717, 1.165) is 44.9 Å². The maximum atomic E-state index is 12.5. The molecule has 0 radical (unpaired) electrons. The Morgan fingerprint density at radius 3 is 0.959 bits per heavy atom. The van der Waals surface area contributed by atoms with E-state index in [0.29, 0.717) is 25.9 Å². The Bertz CT molecular complexity index is 1150. The molecule has 0 aromatic carbocycles. The summed E-state index contributed by atoms with van der Waals surface area (Å²) in [6.07, 6.45) is 79.3. The first-order chi connectivity index (χ1) is 36.5. The molecule has 2 atom stereocenters. The molecule has 438 valence electrons. The van der Waals surface area contributed by atoms with Gasteiger partial charge in [0.25, 0.3) is 0 Å². The number of amides is 1. The zero-order valence-electron chi connectivity index (χ0n) is 50.1. The van der Waals surface area contributed by atoms with Crippen LogP contribution in [0.3, 0.4) is 0 Å². The molecule has 2 unspecified atom stereocenters. The van der Waals surface area contributed by atoms with Crippen LogP contribution in [0.2, 0.25) is 0 Å². The highest BCUT2D eigenvalue weighted by atomic mass is 16.5. The number of aliphatic hydroxyl groups is 2. The number of carbonyl (C=O) groups is 2. The molecule has 0 rings (SSSR count). The van der Waals surface area contributed by atoms with Gasteiger partial charge in [-0.25, -0.2) is 0 Å². The predicted molar refractivity (Wildman–Crippen MR) is 324 cm³/mol. The topological polar surface area (TPSA) is 95.9 Å². The molecule has 74 heavy (non-hydrogen) atoms. The van der Waals surface area contributed by atoms with Gasteiger partial charge in [0.05, 0.1) is 25.4 Å². The standard InChI is InChI=1S/C68H131NO5/c1-3-5-7-9-11-13-15-17-18-31-35-38-42-46-50-54-58-62-68(73)74-63-59-55-51-47-43-39-36-33-30-28-26-24-22-20-19-21-23-25-27-29-32-34-37-41-45-49-53-57-61-67(72)69-65(64-70)66(71)60-56-52-48-44-40-16-14-12-10-8-6-4-2/h17-20,65-66,70-71H,3-16,21-64H2,1-2H3,(H,69,72)/b18-17-,20-19-. The molecule has 0 spiro atoms. The van der Waals surface area contributed by atoms with E-state index in [9.17, 15) is 19.8 Å². The molecule has 0 aromatic rings. The molecule has 3 N–H and O–H groups in total. The van der Waals surface area contributed by atoms with Crippen molar-refractivity contribution in [2.75, 3.05) is 13.2 Å². The zero-order valence-corrected chi connectivity index (χ0v) is 50.1. The summed E-state index contributed by atoms with van der Waals surface area (Å²) in [5, 5.41) is 23.2. The summed E-state index contributed by atoms with van der Waals surface area (Å²) in [4.78, 5) is 24.6. The maximum absolute atomic E-state index is 12.5. The summed E-state index contributed by atoms with van der Waals surface area (Å²) >= 11 is 0. The minimum absolute atomic E-state index is 0.0130. The second-order valence-corrected chi connectivity index (χ2v) is 23.1. The Labute approximate surface area is 462 Å². The molecular weight excluding hydrogens is 911 g/mol. The van der Waals surface area contributed by atoms with Crippen LogP contribution in [0.1, 0.15) is 373 Å². The first-order valence-corrected chi connectivity index (χ1v) is 33.6. The van der Waals surface area contributed by atoms with E-state index in [1.807, 2.05) is 0 Å². The molecule has 0 fully saturated rings. The quantitative estimate of drug-likeness (QED) is 0.0320. The molecule has 0 saturated carbocycles. The molecule has 0 aliphatic carbocycles. The third-order valence-electron chi connectivity index (χ3n) is 15.7. The van der Waals surface area contributed by atoms with Crippen molar-refractivity contribution in [2.45, 2.75) is 386 Å². The van der Waals surface area contributed by atoms with Crippen molar-refractivity contribution in [2.24, 2.45) is 0 Å². The molecule has 0 aliphatic rings. The fraction of sp³-hybridized carbons (Fsp3) is 0.912. The molecular formula is C68H131NO5. The second-order valence-electron chi connectivity index (χ2n) is 23.1. The van der Waals surface area contributed by atoms with Crippen LogP contribution in [0, 0.1) is 0 Å². The van der Waals surface area contributed by atoms with Gasteiger partial charge in [0, 0.05) is 12.8 Å². The lowest BCUT2D eigenvalue weighted by Gasteiger charge is -2.22. The molecule has 6 nitrogen and oxygen atoms in total. The van der Waals surface area contributed by atoms with Crippen LogP contribution < -0.4 is 5.32 Å². The monoisotopic (exact) mass is 1040 g/mol. The maximum Gasteiger partial charge on any atom is 0.305 e. The number of unbranched alkanes of at least 4 members (excludes halogenated alkanes) is 48. The highest BCUT2D eigenvalue weighted by molar-refractivity contribution is 5.76. The van der Waals surface area contributed by atoms with Crippen molar-refractivity contribution in [1.82, 2.24) is 5.32 Å². The molecule has 6 heteroatoms. The van der Waals surface area contributed by atoms with Gasteiger partial charge in [-0.1, -0.05) is 308 Å². The van der Waals surface area contributed by atoms with Gasteiger partial charge in [-0.05, 0) is 77.0 Å². The number of allylic oxidation sites excluding steroid dienone is 4. The minimum Gasteiger partial charge on any atom is -0.466 e. The lowest BCUT2D eigenvalue weighted by molar-refractivity contribution is -0.143. The zero-order chi connectivity index (χ0) is 53.6. The molecule has 0 heterocycles. The Kier molecular flexibility index (Phi) is 62.4. The first kappa shape index (κ1) is 72.3. The molecule has 0 saturated heterocycles. The molecule has 0 aromatic heterocycles. The van der Waals surface area contributed by atoms with Gasteiger partial charge >= 0.3 is 5.97 Å². The van der Waals surface area contributed by atoms with Crippen molar-refractivity contribution in [3.63, 3.8) is 0 Å². The van der Waals surface area contributed by atoms with Crippen molar-refractivity contribution in [3.05, 3.63) is 24.3 Å². The normalized spacial score (nSPS) is 12.6. The number of ether oxygens (including phenoxy) is 1. The van der Waals surface area contributed by atoms with Crippen LogP contribution in [0.15, 0.2) is 24.3 Å². The summed E-state index contributed by atoms with van der Waals surface area (Å²) in [6.45, 7) is 4.97. The van der Waals surface area contributed by atoms with Gasteiger partial charge in [-0.2, -0.15) is 0 Å². The van der Waals surface area contributed by atoms with Gasteiger partial charge in [-0.15, -0.1) is 0 Å². The van der Waals surface area contributed by atoms with E-state index in [4.69, 9.17) is 4.74 Å². The molecule has 0 bridgehead atoms. The summed E-state index contributed by atoms with van der Waals surface area (Å²) in [5.74, 6) is -0.0209. The number of aliphatic hydroxyl groups excluding tert-OH is 2. The van der Waals surface area contributed by atoms with Gasteiger partial charge in [0.15, 0.2) is 0 Å². The van der Waals surface area contributed by atoms with Crippen LogP contribution in [0.5, 0.6) is 0 Å². The van der Waals surface area contributed by atoms with E-state index in [2.05, 4.69) is 43.5 Å². The van der Waals surface area contributed by atoms with E-state index in [1.165, 1.54) is 295 Å². The van der Waals surface area contributed by atoms with E-state index < -0.39 is 12.1 Å². The van der Waals surface area contributed by atoms with E-state index >= 15 is 0 Å². The SMILES string of the molecule is CCCCCCCC/C=C\CCCCCCCCCC(=O)OCCCCCCCCCCCCCC/C=C\CCCCCCCCCCCCCCC(=O)NC(CO)C(O)CCCCCCCCCCCCCC. The molecule has 0 aliphatic heterocycles. The highest BCUT2D eigenvalue weighted by Crippen LogP contribution is 2.18. The summed E-state index contributed by atoms with van der Waals surface area (Å²) in [7, 11) is 0. The number of esters is 1. The Morgan fingerprint density at radius 2 is 0.635 bits per heavy atom. The van der Waals surface area contributed by atoms with Gasteiger partial charge < -0.3 is 20.3 Å². The average Bonchev–Trinajstić information content (AvgIpc) is 3.40. The minimum atomic E-state index is -0.663. The first-order valence-electron chi connectivity index (χ1n) is 33.6. The number of hydrogen-bond acceptors (Lipinski definition) is 5. The number of hydrogen-bond donors (Lipinski definition) is 3. The predicted octanol–water partition coefficient (Wildman–Crippen LogP) is 21.4. The van der Waals surface area contributed by atoms with Crippen molar-refractivity contribution in [3.8, 4) is 0 Å². The fourth-order valence-corrected chi connectivity index (χ4v) is 10.6. The summed E-state index contributed by atoms with van der Waals surface area (Å²) in [6, 6.07) is -0.540. The molecule has 1 amide bonds. The van der Waals surface area contributed by atoms with Gasteiger partial charge in [-0.3, -0.25) is 9.59 Å². The van der Waals surface area contributed by atoms with E-state index in [-0.39, 0.29) is 18.5 Å². The summed E-state index contributed by atoms with van der Waals surface area (Å²) < 4.78 is 5.50. The van der Waals surface area contributed by atoms with Crippen molar-refractivity contribution in [1.29, 1.82) is 0 Å². The van der Waals surface area contributed by atoms with Crippen LogP contribution in [-0.4, -0.2) is 47.4 Å². The third-order valence-corrected chi connectivity index (χ3v) is 15.7. The van der Waals surface area contributed by atoms with Crippen LogP contribution in [0.25, 0.3) is 0 Å². The van der Waals surface area contributed by atoms with Gasteiger partial charge in [0.1, 0.15) is 0 Å². The van der Waals surface area contributed by atoms with E-state index in [1.54, 1.807) is 0 Å². The van der Waals surface area contributed by atoms with Crippen molar-refractivity contribution >= 4 is 11.9 Å². The van der Waals surface area contributed by atoms with Crippen LogP contribution >= 0.6 is 0 Å². The Hall–Kier alpha value is -1.66. The average molecular weight is 1040 g/mol. The second kappa shape index (κ2) is 63.9. The Morgan fingerprint density at radius 1 is 0.365 bits per heavy atom.